The summed E-state index contributed by atoms with van der Waals surface area (Å²) < 4.78 is 0. The highest BCUT2D eigenvalue weighted by atomic mass is 16.6. The Morgan fingerprint density at radius 3 is 1.73 bits per heavy atom. The third kappa shape index (κ3) is 5.84. The van der Waals surface area contributed by atoms with E-state index in [2.05, 4.69) is 0 Å². The molecule has 2 aromatic carbocycles. The molecule has 0 radical (unpaired) electrons. The lowest BCUT2D eigenvalue weighted by atomic mass is 10.1. The number of aliphatic hydroxyl groups excluding tert-OH is 2. The fourth-order valence-electron chi connectivity index (χ4n) is 2.45. The number of hydrogen-bond donors (Lipinski definition) is 2. The molecule has 0 saturated carbocycles. The van der Waals surface area contributed by atoms with E-state index in [1.807, 2.05) is 53.5 Å². The van der Waals surface area contributed by atoms with E-state index in [0.717, 1.165) is 16.8 Å². The molecule has 0 spiro atoms. The molecule has 136 valence electrons. The van der Waals surface area contributed by atoms with Crippen LogP contribution in [0, 0.1) is 10.1 Å². The number of nitrogens with zero attached hydrogens (tertiary/aromatic N) is 2. The van der Waals surface area contributed by atoms with Crippen LogP contribution in [0.3, 0.4) is 0 Å². The number of aliphatic hydroxyl groups is 2. The van der Waals surface area contributed by atoms with Gasteiger partial charge in [0.05, 0.1) is 18.1 Å². The largest absolute Gasteiger partial charge is 0.395 e. The molecule has 0 unspecified atom stereocenters. The molecule has 0 aliphatic heterocycles. The van der Waals surface area contributed by atoms with Crippen molar-refractivity contribution in [3.05, 3.63) is 81.9 Å². The van der Waals surface area contributed by atoms with Crippen molar-refractivity contribution >= 4 is 23.5 Å². The van der Waals surface area contributed by atoms with Gasteiger partial charge in [0.15, 0.2) is 0 Å². The number of nitro benzene ring substituents is 1. The zero-order valence-corrected chi connectivity index (χ0v) is 14.4. The first-order valence-electron chi connectivity index (χ1n) is 8.30. The Morgan fingerprint density at radius 2 is 1.31 bits per heavy atom. The molecule has 0 heterocycles. The molecule has 2 rings (SSSR count). The maximum atomic E-state index is 10.6. The lowest BCUT2D eigenvalue weighted by Crippen LogP contribution is -2.29. The Hall–Kier alpha value is -2.96. The van der Waals surface area contributed by atoms with Crippen LogP contribution in [0.1, 0.15) is 11.1 Å². The highest BCUT2D eigenvalue weighted by Crippen LogP contribution is 2.16. The Kier molecular flexibility index (Phi) is 7.54. The molecule has 0 saturated heterocycles. The van der Waals surface area contributed by atoms with E-state index in [1.165, 1.54) is 12.1 Å². The van der Waals surface area contributed by atoms with Gasteiger partial charge in [-0.25, -0.2) is 0 Å². The first-order chi connectivity index (χ1) is 12.6. The Balaban J connectivity index is 1.96. The van der Waals surface area contributed by atoms with Crippen molar-refractivity contribution in [2.24, 2.45) is 0 Å². The number of rotatable bonds is 9. The van der Waals surface area contributed by atoms with E-state index in [4.69, 9.17) is 10.2 Å². The summed E-state index contributed by atoms with van der Waals surface area (Å²) >= 11 is 0. The standard InChI is InChI=1S/C20H22N2O4/c23-15-13-21(14-16-24)19-9-5-17(6-10-19)3-1-2-4-18-7-11-20(12-8-18)22(25)26/h1-12,23-24H,13-16H2. The molecule has 0 atom stereocenters. The molecular weight excluding hydrogens is 332 g/mol. The molecule has 0 aromatic heterocycles. The number of nitro groups is 1. The quantitative estimate of drug-likeness (QED) is 0.410. The average Bonchev–Trinajstić information content (AvgIpc) is 2.66. The molecular formula is C20H22N2O4. The van der Waals surface area contributed by atoms with Crippen molar-refractivity contribution in [3.63, 3.8) is 0 Å². The van der Waals surface area contributed by atoms with Crippen molar-refractivity contribution in [2.45, 2.75) is 0 Å². The highest BCUT2D eigenvalue weighted by molar-refractivity contribution is 5.60. The number of non-ortho nitro benzene ring substituents is 1. The van der Waals surface area contributed by atoms with Crippen molar-refractivity contribution in [3.8, 4) is 0 Å². The molecule has 0 bridgehead atoms. The zero-order valence-electron chi connectivity index (χ0n) is 14.4. The van der Waals surface area contributed by atoms with Gasteiger partial charge in [0.1, 0.15) is 0 Å². The van der Waals surface area contributed by atoms with Crippen LogP contribution in [-0.2, 0) is 0 Å². The molecule has 0 amide bonds. The van der Waals surface area contributed by atoms with Crippen molar-refractivity contribution < 1.29 is 15.1 Å². The van der Waals surface area contributed by atoms with Gasteiger partial charge in [-0.2, -0.15) is 0 Å². The van der Waals surface area contributed by atoms with Crippen LogP contribution in [-0.4, -0.2) is 41.4 Å². The first kappa shape index (κ1) is 19.4. The predicted octanol–water partition coefficient (Wildman–Crippen LogP) is 3.11. The summed E-state index contributed by atoms with van der Waals surface area (Å²) in [5.74, 6) is 0. The molecule has 0 aliphatic carbocycles. The normalized spacial score (nSPS) is 11.3. The van der Waals surface area contributed by atoms with Crippen LogP contribution >= 0.6 is 0 Å². The summed E-state index contributed by atoms with van der Waals surface area (Å²) in [6.07, 6.45) is 7.60. The van der Waals surface area contributed by atoms with Crippen LogP contribution in [0.4, 0.5) is 11.4 Å². The number of allylic oxidation sites excluding steroid dienone is 2. The predicted molar refractivity (Wildman–Crippen MR) is 104 cm³/mol. The monoisotopic (exact) mass is 354 g/mol. The van der Waals surface area contributed by atoms with Crippen LogP contribution < -0.4 is 4.90 Å². The summed E-state index contributed by atoms with van der Waals surface area (Å²) in [6, 6.07) is 14.2. The third-order valence-electron chi connectivity index (χ3n) is 3.79. The smallest absolute Gasteiger partial charge is 0.269 e. The minimum Gasteiger partial charge on any atom is -0.395 e. The van der Waals surface area contributed by atoms with Gasteiger partial charge in [-0.15, -0.1) is 0 Å². The molecule has 6 nitrogen and oxygen atoms in total. The average molecular weight is 354 g/mol. The summed E-state index contributed by atoms with van der Waals surface area (Å²) in [6.45, 7) is 1.03. The number of benzene rings is 2. The van der Waals surface area contributed by atoms with Crippen LogP contribution in [0.2, 0.25) is 0 Å². The van der Waals surface area contributed by atoms with Crippen LogP contribution in [0.15, 0.2) is 60.7 Å². The second-order valence-corrected chi connectivity index (χ2v) is 5.59. The van der Waals surface area contributed by atoms with E-state index in [9.17, 15) is 10.1 Å². The fourth-order valence-corrected chi connectivity index (χ4v) is 2.45. The molecule has 2 N–H and O–H groups in total. The van der Waals surface area contributed by atoms with Gasteiger partial charge in [-0.3, -0.25) is 10.1 Å². The summed E-state index contributed by atoms with van der Waals surface area (Å²) in [5.41, 5.74) is 2.94. The van der Waals surface area contributed by atoms with E-state index in [1.54, 1.807) is 12.1 Å². The zero-order chi connectivity index (χ0) is 18.8. The van der Waals surface area contributed by atoms with Gasteiger partial charge >= 0.3 is 0 Å². The topological polar surface area (TPSA) is 86.8 Å². The maximum Gasteiger partial charge on any atom is 0.269 e. The Morgan fingerprint density at radius 1 is 0.846 bits per heavy atom. The number of hydrogen-bond acceptors (Lipinski definition) is 5. The second kappa shape index (κ2) is 10.1. The van der Waals surface area contributed by atoms with Crippen LogP contribution in [0.5, 0.6) is 0 Å². The fraction of sp³-hybridized carbons (Fsp3) is 0.200. The molecule has 6 heteroatoms. The van der Waals surface area contributed by atoms with Crippen LogP contribution in [0.25, 0.3) is 12.2 Å². The van der Waals surface area contributed by atoms with Crippen molar-refractivity contribution in [1.29, 1.82) is 0 Å². The van der Waals surface area contributed by atoms with E-state index < -0.39 is 4.92 Å². The van der Waals surface area contributed by atoms with Gasteiger partial charge < -0.3 is 15.1 Å². The van der Waals surface area contributed by atoms with Crippen molar-refractivity contribution in [1.82, 2.24) is 0 Å². The summed E-state index contributed by atoms with van der Waals surface area (Å²) in [7, 11) is 0. The molecule has 26 heavy (non-hydrogen) atoms. The molecule has 0 aliphatic rings. The Labute approximate surface area is 152 Å². The minimum atomic E-state index is -0.417. The minimum absolute atomic E-state index is 0.0368. The maximum absolute atomic E-state index is 10.6. The SMILES string of the molecule is O=[N+]([O-])c1ccc(C=CC=Cc2ccc(N(CCO)CCO)cc2)cc1. The third-order valence-corrected chi connectivity index (χ3v) is 3.79. The van der Waals surface area contributed by atoms with Gasteiger partial charge in [-0.05, 0) is 35.4 Å². The summed E-state index contributed by atoms with van der Waals surface area (Å²) in [4.78, 5) is 12.1. The first-order valence-corrected chi connectivity index (χ1v) is 8.30. The second-order valence-electron chi connectivity index (χ2n) is 5.59. The lowest BCUT2D eigenvalue weighted by molar-refractivity contribution is -0.384. The number of anilines is 1. The van der Waals surface area contributed by atoms with Gasteiger partial charge in [0.25, 0.3) is 5.69 Å². The van der Waals surface area contributed by atoms with Gasteiger partial charge in [-0.1, -0.05) is 36.4 Å². The van der Waals surface area contributed by atoms with E-state index in [-0.39, 0.29) is 18.9 Å². The van der Waals surface area contributed by atoms with E-state index in [0.29, 0.717) is 13.1 Å². The highest BCUT2D eigenvalue weighted by Gasteiger charge is 2.04. The van der Waals surface area contributed by atoms with E-state index >= 15 is 0 Å². The lowest BCUT2D eigenvalue weighted by Gasteiger charge is -2.22. The van der Waals surface area contributed by atoms with Crippen molar-refractivity contribution in [2.75, 3.05) is 31.2 Å². The Bertz CT molecular complexity index is 746. The molecule has 2 aromatic rings. The van der Waals surface area contributed by atoms with Gasteiger partial charge in [0, 0.05) is 30.9 Å². The summed E-state index contributed by atoms with van der Waals surface area (Å²) in [5, 5.41) is 28.8. The van der Waals surface area contributed by atoms with Gasteiger partial charge in [0.2, 0.25) is 0 Å². The molecule has 0 fully saturated rings.